The van der Waals surface area contributed by atoms with Gasteiger partial charge in [0.15, 0.2) is 0 Å². The molecule has 0 unspecified atom stereocenters. The number of aryl methyl sites for hydroxylation is 1. The first-order valence-corrected chi connectivity index (χ1v) is 31.1. The molecule has 8 rings (SSSR count). The van der Waals surface area contributed by atoms with Crippen molar-refractivity contribution in [2.45, 2.75) is 76.4 Å². The topological polar surface area (TPSA) is 243 Å². The number of anilines is 1. The van der Waals surface area contributed by atoms with E-state index in [-0.39, 0.29) is 113 Å². The van der Waals surface area contributed by atoms with Gasteiger partial charge in [-0.3, -0.25) is 33.6 Å². The SMILES string of the molecule is C=CC(=O)NCCCC[C@H](CC(=O)OCc1ccccc1)C(=O)N1CCN(C(=O)c2cc3ccc(C)cc3oc2=O)CC1.C=CC(=O)NCCCC[C@H](CC(=O)OCc1ccccc1)C(=O)N1CCN(S(=O)(=O)c2cccc3c(N(C)C)cccc23)CC1. The van der Waals surface area contributed by atoms with E-state index in [1.54, 1.807) is 45.0 Å². The highest BCUT2D eigenvalue weighted by atomic mass is 32.2. The van der Waals surface area contributed by atoms with Gasteiger partial charge in [0.1, 0.15) is 24.4 Å². The summed E-state index contributed by atoms with van der Waals surface area (Å²) in [5, 5.41) is 7.60. The monoisotopic (exact) mass is 1220 g/mol. The van der Waals surface area contributed by atoms with E-state index in [9.17, 15) is 46.8 Å². The Kier molecular flexibility index (Phi) is 24.7. The van der Waals surface area contributed by atoms with Gasteiger partial charge in [0.2, 0.25) is 33.7 Å². The van der Waals surface area contributed by atoms with E-state index in [0.717, 1.165) is 27.8 Å². The third kappa shape index (κ3) is 18.8. The predicted molar refractivity (Wildman–Crippen MR) is 336 cm³/mol. The van der Waals surface area contributed by atoms with E-state index < -0.39 is 45.3 Å². The van der Waals surface area contributed by atoms with Crippen molar-refractivity contribution in [2.24, 2.45) is 11.8 Å². The minimum absolute atomic E-state index is 0.0429. The summed E-state index contributed by atoms with van der Waals surface area (Å²) in [7, 11) is 0.0179. The Labute approximate surface area is 514 Å². The molecule has 466 valence electrons. The molecular formula is C67H79N7O13S. The number of fused-ring (bicyclic) bond motifs is 2. The van der Waals surface area contributed by atoms with E-state index >= 15 is 0 Å². The summed E-state index contributed by atoms with van der Waals surface area (Å²) in [5.41, 5.74) is 3.27. The molecule has 2 atom stereocenters. The highest BCUT2D eigenvalue weighted by molar-refractivity contribution is 7.89. The second-order valence-electron chi connectivity index (χ2n) is 21.9. The molecule has 2 aliphatic heterocycles. The zero-order valence-corrected chi connectivity index (χ0v) is 51.2. The first kappa shape index (κ1) is 66.6. The Morgan fingerprint density at radius 1 is 0.602 bits per heavy atom. The van der Waals surface area contributed by atoms with Crippen LogP contribution in [-0.4, -0.2) is 148 Å². The van der Waals surface area contributed by atoms with Crippen LogP contribution >= 0.6 is 0 Å². The molecule has 5 amide bonds. The summed E-state index contributed by atoms with van der Waals surface area (Å²) in [6, 6.07) is 36.6. The van der Waals surface area contributed by atoms with Crippen LogP contribution < -0.4 is 21.2 Å². The largest absolute Gasteiger partial charge is 0.461 e. The first-order chi connectivity index (χ1) is 42.4. The number of carbonyl (C=O) groups excluding carboxylic acids is 7. The summed E-state index contributed by atoms with van der Waals surface area (Å²) in [6.45, 7) is 11.6. The fourth-order valence-electron chi connectivity index (χ4n) is 10.6. The zero-order chi connectivity index (χ0) is 63.2. The molecule has 21 heteroatoms. The molecule has 20 nitrogen and oxygen atoms in total. The average molecular weight is 1220 g/mol. The molecule has 2 N–H and O–H groups in total. The number of nitrogens with zero attached hydrogens (tertiary/aromatic N) is 5. The van der Waals surface area contributed by atoms with Gasteiger partial charge >= 0.3 is 17.6 Å². The van der Waals surface area contributed by atoms with Crippen LogP contribution in [0, 0.1) is 18.8 Å². The maximum absolute atomic E-state index is 13.8. The van der Waals surface area contributed by atoms with Crippen molar-refractivity contribution in [1.82, 2.24) is 29.6 Å². The second-order valence-corrected chi connectivity index (χ2v) is 23.8. The van der Waals surface area contributed by atoms with Gasteiger partial charge in [0.25, 0.3) is 5.91 Å². The van der Waals surface area contributed by atoms with Crippen molar-refractivity contribution in [1.29, 1.82) is 0 Å². The first-order valence-electron chi connectivity index (χ1n) is 29.7. The van der Waals surface area contributed by atoms with Gasteiger partial charge in [0, 0.05) is 113 Å². The van der Waals surface area contributed by atoms with E-state index in [2.05, 4.69) is 23.8 Å². The molecule has 2 fully saturated rings. The van der Waals surface area contributed by atoms with Crippen LogP contribution in [0.5, 0.6) is 0 Å². The lowest BCUT2D eigenvalue weighted by molar-refractivity contribution is -0.150. The number of unbranched alkanes of at least 4 members (excludes halogenated alkanes) is 2. The minimum atomic E-state index is -3.82. The number of sulfonamides is 1. The van der Waals surface area contributed by atoms with E-state index in [4.69, 9.17) is 13.9 Å². The summed E-state index contributed by atoms with van der Waals surface area (Å²) in [5.74, 6) is -3.49. The molecule has 0 aliphatic carbocycles. The molecule has 0 spiro atoms. The Hall–Kier alpha value is -8.95. The fourth-order valence-corrected chi connectivity index (χ4v) is 12.2. The Balaban J connectivity index is 0.000000251. The van der Waals surface area contributed by atoms with Gasteiger partial charge in [0.05, 0.1) is 17.7 Å². The van der Waals surface area contributed by atoms with Crippen molar-refractivity contribution in [3.8, 4) is 0 Å². The van der Waals surface area contributed by atoms with Gasteiger partial charge < -0.3 is 44.1 Å². The molecule has 2 saturated heterocycles. The summed E-state index contributed by atoms with van der Waals surface area (Å²) in [4.78, 5) is 108. The molecular weight excluding hydrogens is 1140 g/mol. The zero-order valence-electron chi connectivity index (χ0n) is 50.4. The number of nitrogens with one attached hydrogen (secondary N) is 2. The van der Waals surface area contributed by atoms with Crippen molar-refractivity contribution >= 4 is 78.9 Å². The standard InChI is InChI=1S/C34H42N4O6S.C33H37N3O7/c1-4-32(39)35-19-9-8-14-27(24-33(40)44-25-26-12-6-5-7-13-26)34(41)37-20-22-38(23-21-37)45(42,43)31-18-11-15-28-29(31)16-10-17-30(28)36(2)3;1-3-29(37)34-14-8-7-11-26(21-30(38)42-22-24-9-5-4-6-10-24)31(39)35-15-17-36(18-16-35)32(40)27-20-25-13-12-23(2)19-28(25)43-33(27)41/h4-7,10-13,15-18,27H,1,8-9,14,19-25H2,2-3H3,(H,35,39);3-6,9-10,12-13,19-20,26H,1,7-8,11,14-18,21-22H2,2H3,(H,34,37)/t27-;26-/m11/s1. The van der Waals surface area contributed by atoms with E-state index in [0.29, 0.717) is 68.0 Å². The highest BCUT2D eigenvalue weighted by Crippen LogP contribution is 2.32. The minimum Gasteiger partial charge on any atom is -0.461 e. The number of carbonyl (C=O) groups is 7. The smallest absolute Gasteiger partial charge is 0.349 e. The Morgan fingerprint density at radius 3 is 1.60 bits per heavy atom. The van der Waals surface area contributed by atoms with Gasteiger partial charge in [-0.2, -0.15) is 4.31 Å². The Bertz CT molecular complexity index is 3600. The number of esters is 2. The number of hydrogen-bond donors (Lipinski definition) is 2. The Morgan fingerprint density at radius 2 is 1.09 bits per heavy atom. The van der Waals surface area contributed by atoms with Crippen molar-refractivity contribution < 1.29 is 55.9 Å². The van der Waals surface area contributed by atoms with Crippen molar-refractivity contribution in [2.75, 3.05) is 84.4 Å². The predicted octanol–water partition coefficient (Wildman–Crippen LogP) is 7.57. The molecule has 0 radical (unpaired) electrons. The van der Waals surface area contributed by atoms with Crippen LogP contribution in [0.15, 0.2) is 161 Å². The average Bonchev–Trinajstić information content (AvgIpc) is 2.05. The maximum Gasteiger partial charge on any atom is 0.349 e. The second kappa shape index (κ2) is 32.7. The maximum atomic E-state index is 13.8. The van der Waals surface area contributed by atoms with Crippen LogP contribution in [0.3, 0.4) is 0 Å². The lowest BCUT2D eigenvalue weighted by atomic mass is 9.96. The number of hydrogen-bond acceptors (Lipinski definition) is 14. The quantitative estimate of drug-likeness (QED) is 0.0230. The third-order valence-electron chi connectivity index (χ3n) is 15.4. The summed E-state index contributed by atoms with van der Waals surface area (Å²) >= 11 is 0. The van der Waals surface area contributed by atoms with Crippen LogP contribution in [-0.2, 0) is 61.5 Å². The molecule has 3 heterocycles. The lowest BCUT2D eigenvalue weighted by Gasteiger charge is -2.36. The number of piperazine rings is 2. The molecule has 1 aromatic heterocycles. The van der Waals surface area contributed by atoms with Crippen molar-refractivity contribution in [3.05, 3.63) is 179 Å². The number of amides is 5. The molecule has 88 heavy (non-hydrogen) atoms. The van der Waals surface area contributed by atoms with Gasteiger partial charge in [-0.25, -0.2) is 13.2 Å². The third-order valence-corrected chi connectivity index (χ3v) is 17.4. The fraction of sp³-hybridized carbons (Fsp3) is 0.373. The molecule has 0 bridgehead atoms. The lowest BCUT2D eigenvalue weighted by Crippen LogP contribution is -2.52. The molecule has 0 saturated carbocycles. The van der Waals surface area contributed by atoms with Gasteiger partial charge in [-0.1, -0.05) is 123 Å². The van der Waals surface area contributed by atoms with Crippen LogP contribution in [0.25, 0.3) is 21.7 Å². The molecule has 6 aromatic rings. The number of ether oxygens (including phenoxy) is 2. The van der Waals surface area contributed by atoms with Gasteiger partial charge in [-0.05, 0) is 85.7 Å². The number of rotatable bonds is 26. The molecule has 5 aromatic carbocycles. The highest BCUT2D eigenvalue weighted by Gasteiger charge is 2.35. The van der Waals surface area contributed by atoms with E-state index in [1.165, 1.54) is 16.5 Å². The van der Waals surface area contributed by atoms with Crippen LogP contribution in [0.2, 0.25) is 0 Å². The van der Waals surface area contributed by atoms with E-state index in [1.807, 2.05) is 117 Å². The van der Waals surface area contributed by atoms with Crippen molar-refractivity contribution in [3.63, 3.8) is 0 Å². The normalized spacial score (nSPS) is 14.1. The van der Waals surface area contributed by atoms with Gasteiger partial charge in [-0.15, -0.1) is 0 Å². The van der Waals surface area contributed by atoms with Crippen LogP contribution in [0.1, 0.15) is 78.4 Å². The summed E-state index contributed by atoms with van der Waals surface area (Å²) in [6.07, 6.45) is 5.65. The summed E-state index contributed by atoms with van der Waals surface area (Å²) < 4.78 is 45.4. The molecule has 2 aliphatic rings. The number of benzene rings is 5. The van der Waals surface area contributed by atoms with Crippen LogP contribution in [0.4, 0.5) is 5.69 Å².